The lowest BCUT2D eigenvalue weighted by molar-refractivity contribution is -0.140. The molecule has 192 valence electrons. The number of carbonyl (C=O) groups is 3. The summed E-state index contributed by atoms with van der Waals surface area (Å²) in [6.45, 7) is 9.45. The number of carbonyl (C=O) groups excluding carboxylic acids is 3. The number of aliphatic hydroxyl groups is 1. The molecule has 10 nitrogen and oxygen atoms in total. The number of likely N-dealkylation sites (tertiary alicyclic amines) is 1. The van der Waals surface area contributed by atoms with Gasteiger partial charge in [0.15, 0.2) is 0 Å². The molecule has 0 spiro atoms. The van der Waals surface area contributed by atoms with Crippen LogP contribution in [-0.4, -0.2) is 88.5 Å². The molecule has 36 heavy (non-hydrogen) atoms. The van der Waals surface area contributed by atoms with Crippen LogP contribution < -0.4 is 0 Å². The molecule has 0 aliphatic carbocycles. The third-order valence-electron chi connectivity index (χ3n) is 6.69. The Morgan fingerprint density at radius 3 is 2.56 bits per heavy atom. The smallest absolute Gasteiger partial charge is 0.355 e. The van der Waals surface area contributed by atoms with Gasteiger partial charge in [-0.2, -0.15) is 0 Å². The van der Waals surface area contributed by atoms with E-state index in [1.807, 2.05) is 0 Å². The van der Waals surface area contributed by atoms with Crippen LogP contribution in [0.3, 0.4) is 0 Å². The van der Waals surface area contributed by atoms with Gasteiger partial charge in [0, 0.05) is 49.8 Å². The lowest BCUT2D eigenvalue weighted by Crippen LogP contribution is -2.38. The molecule has 2 saturated heterocycles. The van der Waals surface area contributed by atoms with E-state index in [2.05, 4.69) is 14.9 Å². The number of pyridine rings is 1. The first-order chi connectivity index (χ1) is 17.3. The number of hydrogen-bond donors (Lipinski definition) is 2. The van der Waals surface area contributed by atoms with Gasteiger partial charge >= 0.3 is 5.97 Å². The van der Waals surface area contributed by atoms with Crippen molar-refractivity contribution in [3.8, 4) is 0 Å². The number of aromatic nitrogens is 2. The molecule has 2 aromatic rings. The van der Waals surface area contributed by atoms with E-state index < -0.39 is 23.7 Å². The van der Waals surface area contributed by atoms with Crippen molar-refractivity contribution in [1.29, 1.82) is 0 Å². The van der Waals surface area contributed by atoms with Gasteiger partial charge in [0.1, 0.15) is 11.5 Å². The second-order valence-corrected chi connectivity index (χ2v) is 8.93. The van der Waals surface area contributed by atoms with Crippen LogP contribution in [0.5, 0.6) is 0 Å². The van der Waals surface area contributed by atoms with Gasteiger partial charge in [-0.05, 0) is 50.5 Å². The van der Waals surface area contributed by atoms with Crippen molar-refractivity contribution in [2.75, 3.05) is 46.0 Å². The van der Waals surface area contributed by atoms with Crippen LogP contribution in [0.25, 0.3) is 5.76 Å². The van der Waals surface area contributed by atoms with Gasteiger partial charge in [-0.3, -0.25) is 19.5 Å². The van der Waals surface area contributed by atoms with Crippen LogP contribution in [0.2, 0.25) is 0 Å². The molecular formula is C26H32N4O6. The van der Waals surface area contributed by atoms with Gasteiger partial charge < -0.3 is 24.5 Å². The fourth-order valence-electron chi connectivity index (χ4n) is 4.94. The number of aromatic amines is 1. The standard InChI is InChI=1S/C26H32N4O6/c1-4-36-26(34)21-16(2)19(17(3)28-21)23(31)20-22(18-6-8-27-9-7-18)30(25(33)24(20)32)11-5-10-29-12-14-35-15-13-29/h6-9,22,28,31H,4-5,10-15H2,1-3H3/b23-20+/t22-/m1/s1. The molecule has 10 heteroatoms. The summed E-state index contributed by atoms with van der Waals surface area (Å²) in [6, 6.07) is 2.71. The van der Waals surface area contributed by atoms with E-state index in [-0.39, 0.29) is 23.6 Å². The third kappa shape index (κ3) is 4.91. The number of H-pyrrole nitrogens is 1. The molecule has 0 bridgehead atoms. The van der Waals surface area contributed by atoms with Crippen molar-refractivity contribution < 1.29 is 29.0 Å². The number of nitrogens with one attached hydrogen (secondary N) is 1. The maximum atomic E-state index is 13.3. The normalized spacial score (nSPS) is 20.2. The number of aliphatic hydroxyl groups excluding tert-OH is 1. The summed E-state index contributed by atoms with van der Waals surface area (Å²) in [4.78, 5) is 49.7. The largest absolute Gasteiger partial charge is 0.507 e. The first kappa shape index (κ1) is 25.6. The molecule has 0 aromatic carbocycles. The Balaban J connectivity index is 1.71. The van der Waals surface area contributed by atoms with E-state index in [1.54, 1.807) is 45.3 Å². The monoisotopic (exact) mass is 496 g/mol. The van der Waals surface area contributed by atoms with Crippen molar-refractivity contribution in [3.05, 3.63) is 58.2 Å². The van der Waals surface area contributed by atoms with Crippen LogP contribution in [0.4, 0.5) is 0 Å². The molecule has 2 aliphatic rings. The van der Waals surface area contributed by atoms with Crippen molar-refractivity contribution in [2.24, 2.45) is 0 Å². The molecule has 2 aromatic heterocycles. The molecule has 1 atom stereocenters. The number of morpholine rings is 1. The van der Waals surface area contributed by atoms with Gasteiger partial charge in [-0.15, -0.1) is 0 Å². The fourth-order valence-corrected chi connectivity index (χ4v) is 4.94. The highest BCUT2D eigenvalue weighted by Gasteiger charge is 2.46. The molecule has 0 radical (unpaired) electrons. The fraction of sp³-hybridized carbons (Fsp3) is 0.462. The maximum Gasteiger partial charge on any atom is 0.355 e. The summed E-state index contributed by atoms with van der Waals surface area (Å²) < 4.78 is 10.5. The maximum absolute atomic E-state index is 13.3. The molecule has 0 saturated carbocycles. The number of amides is 1. The minimum atomic E-state index is -0.766. The van der Waals surface area contributed by atoms with Crippen LogP contribution in [0, 0.1) is 13.8 Å². The first-order valence-electron chi connectivity index (χ1n) is 12.2. The van der Waals surface area contributed by atoms with E-state index >= 15 is 0 Å². The Morgan fingerprint density at radius 1 is 1.19 bits per heavy atom. The van der Waals surface area contributed by atoms with E-state index in [4.69, 9.17) is 9.47 Å². The number of ketones is 1. The topological polar surface area (TPSA) is 125 Å². The van der Waals surface area contributed by atoms with Gasteiger partial charge in [0.05, 0.1) is 31.4 Å². The lowest BCUT2D eigenvalue weighted by atomic mass is 9.94. The predicted octanol–water partition coefficient (Wildman–Crippen LogP) is 2.35. The highest BCUT2D eigenvalue weighted by Crippen LogP contribution is 2.40. The Kier molecular flexibility index (Phi) is 7.85. The number of Topliss-reactive ketones (excluding diaryl/α,β-unsaturated/α-hetero) is 1. The molecule has 2 fully saturated rings. The summed E-state index contributed by atoms with van der Waals surface area (Å²) in [5.74, 6) is -2.27. The average molecular weight is 497 g/mol. The molecular weight excluding hydrogens is 464 g/mol. The van der Waals surface area contributed by atoms with Gasteiger partial charge in [0.2, 0.25) is 0 Å². The van der Waals surface area contributed by atoms with Gasteiger partial charge in [-0.25, -0.2) is 4.79 Å². The van der Waals surface area contributed by atoms with E-state index in [1.165, 1.54) is 4.90 Å². The highest BCUT2D eigenvalue weighted by molar-refractivity contribution is 6.46. The second-order valence-electron chi connectivity index (χ2n) is 8.93. The van der Waals surface area contributed by atoms with E-state index in [0.29, 0.717) is 48.6 Å². The summed E-state index contributed by atoms with van der Waals surface area (Å²) in [6.07, 6.45) is 3.85. The number of hydrogen-bond acceptors (Lipinski definition) is 8. The van der Waals surface area contributed by atoms with Crippen LogP contribution >= 0.6 is 0 Å². The molecule has 2 N–H and O–H groups in total. The Bertz CT molecular complexity index is 1170. The number of rotatable bonds is 8. The lowest BCUT2D eigenvalue weighted by Gasteiger charge is -2.29. The van der Waals surface area contributed by atoms with Crippen molar-refractivity contribution in [2.45, 2.75) is 33.2 Å². The summed E-state index contributed by atoms with van der Waals surface area (Å²) in [7, 11) is 0. The van der Waals surface area contributed by atoms with E-state index in [9.17, 15) is 19.5 Å². The van der Waals surface area contributed by atoms with Crippen LogP contribution in [0.15, 0.2) is 30.1 Å². The Labute approximate surface area is 209 Å². The second kappa shape index (κ2) is 11.0. The molecule has 0 unspecified atom stereocenters. The molecule has 2 aliphatic heterocycles. The number of nitrogens with zero attached hydrogens (tertiary/aromatic N) is 3. The quantitative estimate of drug-likeness (QED) is 0.247. The van der Waals surface area contributed by atoms with Gasteiger partial charge in [-0.1, -0.05) is 0 Å². The van der Waals surface area contributed by atoms with Crippen molar-refractivity contribution in [1.82, 2.24) is 19.8 Å². The highest BCUT2D eigenvalue weighted by atomic mass is 16.5. The van der Waals surface area contributed by atoms with Crippen molar-refractivity contribution in [3.63, 3.8) is 0 Å². The van der Waals surface area contributed by atoms with Crippen molar-refractivity contribution >= 4 is 23.4 Å². The Hall–Kier alpha value is -3.50. The van der Waals surface area contributed by atoms with Crippen LogP contribution in [0.1, 0.15) is 52.3 Å². The zero-order valence-electron chi connectivity index (χ0n) is 20.9. The zero-order chi connectivity index (χ0) is 25.8. The zero-order valence-corrected chi connectivity index (χ0v) is 20.9. The summed E-state index contributed by atoms with van der Waals surface area (Å²) in [5.41, 5.74) is 2.15. The molecule has 1 amide bonds. The number of aryl methyl sites for hydroxylation is 1. The number of ether oxygens (including phenoxy) is 2. The van der Waals surface area contributed by atoms with E-state index in [0.717, 1.165) is 19.6 Å². The first-order valence-corrected chi connectivity index (χ1v) is 12.2. The summed E-state index contributed by atoms with van der Waals surface area (Å²) in [5, 5.41) is 11.4. The average Bonchev–Trinajstić information content (AvgIpc) is 3.32. The minimum absolute atomic E-state index is 0.00168. The molecule has 4 rings (SSSR count). The minimum Gasteiger partial charge on any atom is -0.507 e. The summed E-state index contributed by atoms with van der Waals surface area (Å²) >= 11 is 0. The number of esters is 1. The van der Waals surface area contributed by atoms with Gasteiger partial charge in [0.25, 0.3) is 11.7 Å². The van der Waals surface area contributed by atoms with Crippen LogP contribution in [-0.2, 0) is 19.1 Å². The molecule has 4 heterocycles. The predicted molar refractivity (Wildman–Crippen MR) is 131 cm³/mol. The SMILES string of the molecule is CCOC(=O)c1[nH]c(C)c(/C(O)=C2\C(=O)C(=O)N(CCCN3CCOCC3)[C@@H]2c2ccncc2)c1C. The Morgan fingerprint density at radius 2 is 1.89 bits per heavy atom. The third-order valence-corrected chi connectivity index (χ3v) is 6.69.